The average Bonchev–Trinajstić information content (AvgIpc) is 3.69. The highest BCUT2D eigenvalue weighted by Crippen LogP contribution is 2.43. The Bertz CT molecular complexity index is 1850. The van der Waals surface area contributed by atoms with E-state index in [1.807, 2.05) is 29.2 Å². The molecule has 7 nitrogen and oxygen atoms in total. The molecule has 1 aromatic heterocycles. The number of piperidine rings is 1. The van der Waals surface area contributed by atoms with Crippen molar-refractivity contribution in [3.63, 3.8) is 0 Å². The number of hydrogen-bond acceptors (Lipinski definition) is 5. The molecular weight excluding hydrogens is 619 g/mol. The van der Waals surface area contributed by atoms with Gasteiger partial charge < -0.3 is 14.4 Å². The Hall–Kier alpha value is -4.60. The van der Waals surface area contributed by atoms with E-state index < -0.39 is 23.4 Å². The lowest BCUT2D eigenvalue weighted by atomic mass is 9.88. The maximum absolute atomic E-state index is 14.2. The number of nitrogens with zero attached hydrogens (tertiary/aromatic N) is 3. The highest BCUT2D eigenvalue weighted by molar-refractivity contribution is 5.91. The fourth-order valence-corrected chi connectivity index (χ4v) is 7.23. The van der Waals surface area contributed by atoms with Crippen molar-refractivity contribution < 1.29 is 32.2 Å². The third kappa shape index (κ3) is 6.20. The van der Waals surface area contributed by atoms with E-state index in [0.29, 0.717) is 11.8 Å². The van der Waals surface area contributed by atoms with Crippen LogP contribution < -0.4 is 4.74 Å². The lowest BCUT2D eigenvalue weighted by Crippen LogP contribution is -2.38. The van der Waals surface area contributed by atoms with E-state index >= 15 is 0 Å². The number of amides is 1. The quantitative estimate of drug-likeness (QED) is 0.179. The molecule has 1 amide bonds. The molecule has 3 aliphatic rings. The molecule has 1 atom stereocenters. The first-order chi connectivity index (χ1) is 23.1. The number of carbonyl (C=O) groups excluding carboxylic acids is 2. The number of esters is 1. The Kier molecular flexibility index (Phi) is 8.51. The van der Waals surface area contributed by atoms with Gasteiger partial charge in [-0.2, -0.15) is 18.3 Å². The minimum Gasteiger partial charge on any atom is -0.485 e. The number of carbonyl (C=O) groups is 2. The topological polar surface area (TPSA) is 73.7 Å². The summed E-state index contributed by atoms with van der Waals surface area (Å²) in [5.41, 5.74) is 4.47. The summed E-state index contributed by atoms with van der Waals surface area (Å²) >= 11 is 0. The summed E-state index contributed by atoms with van der Waals surface area (Å²) in [4.78, 5) is 26.9. The zero-order valence-electron chi connectivity index (χ0n) is 27.1. The van der Waals surface area contributed by atoms with Crippen LogP contribution in [0.25, 0.3) is 16.8 Å². The fraction of sp³-hybridized carbons (Fsp3) is 0.395. The number of likely N-dealkylation sites (tertiary alicyclic amines) is 1. The molecule has 1 unspecified atom stereocenters. The first-order valence-electron chi connectivity index (χ1n) is 16.7. The number of ether oxygens (including phenoxy) is 2. The van der Waals surface area contributed by atoms with Crippen LogP contribution in [0.1, 0.15) is 89.4 Å². The second kappa shape index (κ2) is 12.8. The summed E-state index contributed by atoms with van der Waals surface area (Å²) in [7, 11) is 0. The van der Waals surface area contributed by atoms with Crippen molar-refractivity contribution >= 4 is 11.9 Å². The molecule has 10 heteroatoms. The van der Waals surface area contributed by atoms with E-state index in [1.165, 1.54) is 18.6 Å². The maximum Gasteiger partial charge on any atom is 0.434 e. The number of alkyl halides is 3. The lowest BCUT2D eigenvalue weighted by Gasteiger charge is -2.32. The van der Waals surface area contributed by atoms with Gasteiger partial charge in [0, 0.05) is 24.6 Å². The average molecular weight is 658 g/mol. The SMILES string of the molecule is CCOC(=O)c1cnn(-c2cccc(-c3cccc4c3C(Oc3ccc(C5CCN(C(=O)C6CC6)CC5)cc3C)CC4)c2)c1C(F)(F)F. The predicted octanol–water partition coefficient (Wildman–Crippen LogP) is 8.23. The lowest BCUT2D eigenvalue weighted by molar-refractivity contribution is -0.143. The zero-order valence-corrected chi connectivity index (χ0v) is 27.1. The van der Waals surface area contributed by atoms with Gasteiger partial charge in [0.2, 0.25) is 5.91 Å². The molecule has 250 valence electrons. The highest BCUT2D eigenvalue weighted by Gasteiger charge is 2.41. The summed E-state index contributed by atoms with van der Waals surface area (Å²) in [5.74, 6) is 0.733. The number of aromatic nitrogens is 2. The van der Waals surface area contributed by atoms with Crippen LogP contribution in [0.2, 0.25) is 0 Å². The maximum atomic E-state index is 14.2. The summed E-state index contributed by atoms with van der Waals surface area (Å²) < 4.78 is 55.0. The van der Waals surface area contributed by atoms with Crippen LogP contribution in [0.3, 0.4) is 0 Å². The largest absolute Gasteiger partial charge is 0.485 e. The molecule has 2 fully saturated rings. The molecule has 0 N–H and O–H groups in total. The van der Waals surface area contributed by atoms with Gasteiger partial charge in [0.05, 0.1) is 18.5 Å². The smallest absolute Gasteiger partial charge is 0.434 e. The van der Waals surface area contributed by atoms with Crippen molar-refractivity contribution in [2.45, 2.75) is 70.6 Å². The summed E-state index contributed by atoms with van der Waals surface area (Å²) in [5, 5.41) is 3.96. The highest BCUT2D eigenvalue weighted by atomic mass is 19.4. The molecular formula is C38H38F3N3O4. The summed E-state index contributed by atoms with van der Waals surface area (Å²) in [6, 6.07) is 19.1. The van der Waals surface area contributed by atoms with Crippen LogP contribution in [-0.4, -0.2) is 46.3 Å². The van der Waals surface area contributed by atoms with Crippen LogP contribution in [0.5, 0.6) is 5.75 Å². The van der Waals surface area contributed by atoms with Crippen molar-refractivity contribution in [2.24, 2.45) is 5.92 Å². The van der Waals surface area contributed by atoms with E-state index in [-0.39, 0.29) is 24.3 Å². The zero-order chi connectivity index (χ0) is 33.6. The van der Waals surface area contributed by atoms with Gasteiger partial charge in [0.25, 0.3) is 0 Å². The van der Waals surface area contributed by atoms with Crippen LogP contribution >= 0.6 is 0 Å². The molecule has 7 rings (SSSR count). The first-order valence-corrected chi connectivity index (χ1v) is 16.7. The van der Waals surface area contributed by atoms with Gasteiger partial charge in [-0.15, -0.1) is 0 Å². The second-order valence-corrected chi connectivity index (χ2v) is 13.0. The van der Waals surface area contributed by atoms with Gasteiger partial charge in [-0.05, 0) is 104 Å². The number of aryl methyl sites for hydroxylation is 2. The van der Waals surface area contributed by atoms with Crippen LogP contribution in [0, 0.1) is 12.8 Å². The fourth-order valence-electron chi connectivity index (χ4n) is 7.23. The molecule has 48 heavy (non-hydrogen) atoms. The van der Waals surface area contributed by atoms with Crippen molar-refractivity contribution in [3.8, 4) is 22.6 Å². The van der Waals surface area contributed by atoms with Gasteiger partial charge >= 0.3 is 12.1 Å². The number of hydrogen-bond donors (Lipinski definition) is 0. The van der Waals surface area contributed by atoms with Crippen LogP contribution in [0.4, 0.5) is 13.2 Å². The Labute approximate surface area is 277 Å². The van der Waals surface area contributed by atoms with E-state index in [9.17, 15) is 22.8 Å². The molecule has 1 aliphatic heterocycles. The minimum absolute atomic E-state index is 0.0499. The predicted molar refractivity (Wildman–Crippen MR) is 174 cm³/mol. The number of halogens is 3. The monoisotopic (exact) mass is 657 g/mol. The molecule has 0 bridgehead atoms. The Balaban J connectivity index is 1.13. The van der Waals surface area contributed by atoms with Crippen LogP contribution in [0.15, 0.2) is 66.9 Å². The molecule has 1 saturated carbocycles. The van der Waals surface area contributed by atoms with Gasteiger partial charge in [0.15, 0.2) is 5.69 Å². The van der Waals surface area contributed by atoms with E-state index in [2.05, 4.69) is 30.2 Å². The molecule has 4 aromatic rings. The molecule has 0 radical (unpaired) electrons. The van der Waals surface area contributed by atoms with E-state index in [0.717, 1.165) is 96.1 Å². The van der Waals surface area contributed by atoms with Crippen molar-refractivity contribution in [2.75, 3.05) is 19.7 Å². The second-order valence-electron chi connectivity index (χ2n) is 13.0. The minimum atomic E-state index is -4.83. The van der Waals surface area contributed by atoms with Gasteiger partial charge in [0.1, 0.15) is 17.4 Å². The number of fused-ring (bicyclic) bond motifs is 1. The molecule has 2 heterocycles. The standard InChI is InChI=1S/C38H38F3N3O4/c1-3-47-37(46)31-22-42-44(35(31)38(39,40)41)29-8-4-7-28(21-29)30-9-5-6-25-12-15-33(34(25)30)48-32-14-13-27(20-23(32)2)24-16-18-43(19-17-24)36(45)26-10-11-26/h4-9,13-14,20-22,24,26,33H,3,10-12,15-19H2,1-2H3. The summed E-state index contributed by atoms with van der Waals surface area (Å²) in [6.45, 7) is 5.17. The van der Waals surface area contributed by atoms with Crippen molar-refractivity contribution in [1.29, 1.82) is 0 Å². The third-order valence-electron chi connectivity index (χ3n) is 9.80. The van der Waals surface area contributed by atoms with Crippen molar-refractivity contribution in [1.82, 2.24) is 14.7 Å². The molecule has 0 spiro atoms. The number of benzene rings is 3. The molecule has 2 aliphatic carbocycles. The van der Waals surface area contributed by atoms with Gasteiger partial charge in [-0.3, -0.25) is 4.79 Å². The third-order valence-corrected chi connectivity index (χ3v) is 9.80. The van der Waals surface area contributed by atoms with E-state index in [4.69, 9.17) is 9.47 Å². The molecule has 1 saturated heterocycles. The number of rotatable bonds is 8. The van der Waals surface area contributed by atoms with Gasteiger partial charge in [-0.25, -0.2) is 9.48 Å². The van der Waals surface area contributed by atoms with Crippen molar-refractivity contribution in [3.05, 3.63) is 100 Å². The Morgan fingerprint density at radius 2 is 1.73 bits per heavy atom. The molecule has 3 aromatic carbocycles. The Morgan fingerprint density at radius 1 is 0.958 bits per heavy atom. The summed E-state index contributed by atoms with van der Waals surface area (Å²) in [6.07, 6.45) is 1.44. The van der Waals surface area contributed by atoms with Gasteiger partial charge in [-0.1, -0.05) is 42.5 Å². The normalized spacial score (nSPS) is 18.1. The first kappa shape index (κ1) is 32.0. The Morgan fingerprint density at radius 3 is 2.44 bits per heavy atom. The van der Waals surface area contributed by atoms with E-state index in [1.54, 1.807) is 12.1 Å². The van der Waals surface area contributed by atoms with Crippen LogP contribution in [-0.2, 0) is 22.1 Å².